The molecule has 5 heteroatoms. The van der Waals surface area contributed by atoms with E-state index in [2.05, 4.69) is 4.98 Å². The number of aromatic nitrogens is 2. The number of imidazole rings is 1. The van der Waals surface area contributed by atoms with E-state index in [0.717, 1.165) is 11.1 Å². The van der Waals surface area contributed by atoms with Crippen LogP contribution in [0.4, 0.5) is 0 Å². The lowest BCUT2D eigenvalue weighted by molar-refractivity contribution is 0.0600. The van der Waals surface area contributed by atoms with Crippen molar-refractivity contribution in [1.82, 2.24) is 9.55 Å². The topological polar surface area (TPSA) is 64.3 Å². The molecule has 2 aromatic carbocycles. The Kier molecular flexibility index (Phi) is 4.72. The van der Waals surface area contributed by atoms with Gasteiger partial charge in [-0.15, -0.1) is 0 Å². The maximum Gasteiger partial charge on any atom is 0.337 e. The van der Waals surface area contributed by atoms with Gasteiger partial charge in [-0.05, 0) is 17.7 Å². The monoisotopic (exact) mass is 322 g/mol. The number of carbonyl (C=O) groups excluding carboxylic acids is 1. The normalized spacial score (nSPS) is 11.9. The summed E-state index contributed by atoms with van der Waals surface area (Å²) in [7, 11) is 1.35. The number of methoxy groups -OCH3 is 1. The molecule has 1 N–H and O–H groups in total. The van der Waals surface area contributed by atoms with E-state index in [1.54, 1.807) is 24.4 Å². The van der Waals surface area contributed by atoms with Crippen LogP contribution in [0.2, 0.25) is 0 Å². The summed E-state index contributed by atoms with van der Waals surface area (Å²) in [5.41, 5.74) is 2.11. The Morgan fingerprint density at radius 1 is 1.21 bits per heavy atom. The molecular formula is C19H18N2O3. The van der Waals surface area contributed by atoms with Gasteiger partial charge in [0.1, 0.15) is 5.82 Å². The number of esters is 1. The largest absolute Gasteiger partial charge is 0.465 e. The standard InChI is InChI=1S/C19H18N2O3/c1-24-19(23)16-9-5-8-15(12-16)18-20-10-11-21(18)13-17(22)14-6-3-2-4-7-14/h2-12,17,22H,13H2,1H3/t17-/m0/s1. The molecule has 3 aromatic rings. The third-order valence-corrected chi connectivity index (χ3v) is 3.81. The number of hydrogen-bond acceptors (Lipinski definition) is 4. The number of ether oxygens (including phenoxy) is 1. The van der Waals surface area contributed by atoms with Crippen molar-refractivity contribution in [3.05, 3.63) is 78.1 Å². The highest BCUT2D eigenvalue weighted by Gasteiger charge is 2.14. The van der Waals surface area contributed by atoms with Crippen LogP contribution in [0.3, 0.4) is 0 Å². The van der Waals surface area contributed by atoms with E-state index in [1.807, 2.05) is 47.2 Å². The first-order valence-corrected chi connectivity index (χ1v) is 7.62. The summed E-state index contributed by atoms with van der Waals surface area (Å²) >= 11 is 0. The Morgan fingerprint density at radius 3 is 2.75 bits per heavy atom. The molecule has 1 atom stereocenters. The van der Waals surface area contributed by atoms with Crippen LogP contribution in [0.25, 0.3) is 11.4 Å². The number of aliphatic hydroxyl groups is 1. The summed E-state index contributed by atoms with van der Waals surface area (Å²) in [5.74, 6) is 0.301. The van der Waals surface area contributed by atoms with Crippen molar-refractivity contribution in [3.8, 4) is 11.4 Å². The fraction of sp³-hybridized carbons (Fsp3) is 0.158. The van der Waals surface area contributed by atoms with Crippen molar-refractivity contribution >= 4 is 5.97 Å². The van der Waals surface area contributed by atoms with Crippen molar-refractivity contribution in [3.63, 3.8) is 0 Å². The lowest BCUT2D eigenvalue weighted by Gasteiger charge is -2.14. The molecule has 122 valence electrons. The van der Waals surface area contributed by atoms with Gasteiger partial charge >= 0.3 is 5.97 Å². The molecule has 5 nitrogen and oxygen atoms in total. The zero-order chi connectivity index (χ0) is 16.9. The summed E-state index contributed by atoms with van der Waals surface area (Å²) in [5, 5.41) is 10.4. The van der Waals surface area contributed by atoms with Gasteiger partial charge in [-0.2, -0.15) is 0 Å². The van der Waals surface area contributed by atoms with Gasteiger partial charge in [0.15, 0.2) is 0 Å². The summed E-state index contributed by atoms with van der Waals surface area (Å²) in [6.07, 6.45) is 2.85. The second-order valence-electron chi connectivity index (χ2n) is 5.40. The molecular weight excluding hydrogens is 304 g/mol. The first kappa shape index (κ1) is 16.0. The summed E-state index contributed by atoms with van der Waals surface area (Å²) in [6, 6.07) is 16.6. The zero-order valence-electron chi connectivity index (χ0n) is 13.3. The molecule has 0 spiro atoms. The lowest BCUT2D eigenvalue weighted by atomic mass is 10.1. The highest BCUT2D eigenvalue weighted by Crippen LogP contribution is 2.22. The van der Waals surface area contributed by atoms with Crippen molar-refractivity contribution in [1.29, 1.82) is 0 Å². The van der Waals surface area contributed by atoms with E-state index in [9.17, 15) is 9.90 Å². The molecule has 0 aliphatic carbocycles. The summed E-state index contributed by atoms with van der Waals surface area (Å²) in [4.78, 5) is 16.1. The van der Waals surface area contributed by atoms with E-state index in [-0.39, 0.29) is 5.97 Å². The molecule has 1 heterocycles. The van der Waals surface area contributed by atoms with Crippen LogP contribution in [0.1, 0.15) is 22.0 Å². The number of rotatable bonds is 5. The molecule has 0 saturated carbocycles. The molecule has 0 bridgehead atoms. The SMILES string of the molecule is COC(=O)c1cccc(-c2nccn2C[C@H](O)c2ccccc2)c1. The third kappa shape index (κ3) is 3.36. The maximum atomic E-state index is 11.7. The summed E-state index contributed by atoms with van der Waals surface area (Å²) in [6.45, 7) is 0.377. The predicted octanol–water partition coefficient (Wildman–Crippen LogP) is 3.07. The average molecular weight is 322 g/mol. The van der Waals surface area contributed by atoms with E-state index < -0.39 is 6.10 Å². The molecule has 0 aliphatic heterocycles. The Bertz CT molecular complexity index is 827. The van der Waals surface area contributed by atoms with Gasteiger partial charge in [0.2, 0.25) is 0 Å². The van der Waals surface area contributed by atoms with Crippen LogP contribution in [0.15, 0.2) is 67.0 Å². The van der Waals surface area contributed by atoms with Crippen molar-refractivity contribution in [2.75, 3.05) is 7.11 Å². The van der Waals surface area contributed by atoms with Gasteiger partial charge in [0.05, 0.1) is 25.3 Å². The molecule has 0 radical (unpaired) electrons. The first-order chi connectivity index (χ1) is 11.7. The van der Waals surface area contributed by atoms with Crippen LogP contribution < -0.4 is 0 Å². The van der Waals surface area contributed by atoms with Gasteiger partial charge in [0, 0.05) is 18.0 Å². The number of carbonyl (C=O) groups is 1. The molecule has 0 unspecified atom stereocenters. The Balaban J connectivity index is 1.87. The van der Waals surface area contributed by atoms with Crippen LogP contribution in [-0.2, 0) is 11.3 Å². The first-order valence-electron chi connectivity index (χ1n) is 7.62. The smallest absolute Gasteiger partial charge is 0.337 e. The van der Waals surface area contributed by atoms with E-state index >= 15 is 0 Å². The van der Waals surface area contributed by atoms with Crippen molar-refractivity contribution in [2.45, 2.75) is 12.6 Å². The Hall–Kier alpha value is -2.92. The van der Waals surface area contributed by atoms with Crippen molar-refractivity contribution in [2.24, 2.45) is 0 Å². The number of aliphatic hydroxyl groups excluding tert-OH is 1. The third-order valence-electron chi connectivity index (χ3n) is 3.81. The minimum Gasteiger partial charge on any atom is -0.465 e. The van der Waals surface area contributed by atoms with Gasteiger partial charge in [-0.25, -0.2) is 9.78 Å². The average Bonchev–Trinajstić information content (AvgIpc) is 3.10. The number of hydrogen-bond donors (Lipinski definition) is 1. The van der Waals surface area contributed by atoms with Crippen molar-refractivity contribution < 1.29 is 14.6 Å². The highest BCUT2D eigenvalue weighted by atomic mass is 16.5. The van der Waals surface area contributed by atoms with Crippen LogP contribution in [0.5, 0.6) is 0 Å². The van der Waals surface area contributed by atoms with Gasteiger partial charge in [-0.3, -0.25) is 0 Å². The van der Waals surface area contributed by atoms with Gasteiger partial charge in [0.25, 0.3) is 0 Å². The molecule has 0 saturated heterocycles. The van der Waals surface area contributed by atoms with Gasteiger partial charge in [-0.1, -0.05) is 42.5 Å². The minimum atomic E-state index is -0.636. The number of nitrogens with zero attached hydrogens (tertiary/aromatic N) is 2. The maximum absolute atomic E-state index is 11.7. The molecule has 0 fully saturated rings. The molecule has 24 heavy (non-hydrogen) atoms. The van der Waals surface area contributed by atoms with E-state index in [0.29, 0.717) is 17.9 Å². The van der Waals surface area contributed by atoms with Crippen LogP contribution in [-0.4, -0.2) is 27.7 Å². The van der Waals surface area contributed by atoms with E-state index in [4.69, 9.17) is 4.74 Å². The summed E-state index contributed by atoms with van der Waals surface area (Å²) < 4.78 is 6.62. The van der Waals surface area contributed by atoms with Gasteiger partial charge < -0.3 is 14.4 Å². The van der Waals surface area contributed by atoms with E-state index in [1.165, 1.54) is 7.11 Å². The highest BCUT2D eigenvalue weighted by molar-refractivity contribution is 5.90. The van der Waals surface area contributed by atoms with Crippen LogP contribution >= 0.6 is 0 Å². The fourth-order valence-electron chi connectivity index (χ4n) is 2.59. The van der Waals surface area contributed by atoms with Crippen LogP contribution in [0, 0.1) is 0 Å². The predicted molar refractivity (Wildman–Crippen MR) is 90.4 cm³/mol. The second kappa shape index (κ2) is 7.10. The Morgan fingerprint density at radius 2 is 2.00 bits per heavy atom. The lowest BCUT2D eigenvalue weighted by Crippen LogP contribution is -2.09. The number of benzene rings is 2. The zero-order valence-corrected chi connectivity index (χ0v) is 13.3. The minimum absolute atomic E-state index is 0.377. The molecule has 0 aliphatic rings. The molecule has 1 aromatic heterocycles. The fourth-order valence-corrected chi connectivity index (χ4v) is 2.59. The molecule has 3 rings (SSSR count). The second-order valence-corrected chi connectivity index (χ2v) is 5.40. The Labute approximate surface area is 140 Å². The molecule has 0 amide bonds. The quantitative estimate of drug-likeness (QED) is 0.733.